The van der Waals surface area contributed by atoms with Crippen molar-refractivity contribution in [2.24, 2.45) is 5.92 Å². The Kier molecular flexibility index (Phi) is 5.57. The highest BCUT2D eigenvalue weighted by Gasteiger charge is 2.28. The van der Waals surface area contributed by atoms with E-state index in [9.17, 15) is 4.79 Å². The molecule has 0 bridgehead atoms. The average Bonchev–Trinajstić information content (AvgIpc) is 3.28. The van der Waals surface area contributed by atoms with Gasteiger partial charge in [0.05, 0.1) is 4.47 Å². The minimum atomic E-state index is 0. The summed E-state index contributed by atoms with van der Waals surface area (Å²) in [7, 11) is 0. The molecular weight excluding hydrogens is 396 g/mol. The molecule has 5 nitrogen and oxygen atoms in total. The van der Waals surface area contributed by atoms with E-state index in [0.717, 1.165) is 42.9 Å². The van der Waals surface area contributed by atoms with Crippen LogP contribution in [0.2, 0.25) is 0 Å². The highest BCUT2D eigenvalue weighted by Crippen LogP contribution is 2.40. The number of halogens is 2. The Morgan fingerprint density at radius 1 is 1.21 bits per heavy atom. The summed E-state index contributed by atoms with van der Waals surface area (Å²) < 4.78 is 11.5. The fourth-order valence-corrected chi connectivity index (χ4v) is 3.77. The van der Waals surface area contributed by atoms with Crippen LogP contribution in [-0.2, 0) is 0 Å². The van der Waals surface area contributed by atoms with Gasteiger partial charge >= 0.3 is 0 Å². The molecule has 1 aliphatic carbocycles. The summed E-state index contributed by atoms with van der Waals surface area (Å²) in [5.41, 5.74) is 0.658. The number of hydrogen-bond acceptors (Lipinski definition) is 4. The Morgan fingerprint density at radius 2 is 1.96 bits per heavy atom. The van der Waals surface area contributed by atoms with Gasteiger partial charge in [-0.3, -0.25) is 4.79 Å². The first-order valence-electron chi connectivity index (χ1n) is 8.32. The van der Waals surface area contributed by atoms with Gasteiger partial charge in [0.25, 0.3) is 5.91 Å². The van der Waals surface area contributed by atoms with Crippen LogP contribution < -0.4 is 14.8 Å². The summed E-state index contributed by atoms with van der Waals surface area (Å²) in [6.07, 6.45) is 4.82. The Hall–Kier alpha value is -0.980. The molecule has 0 atom stereocenters. The third kappa shape index (κ3) is 3.81. The summed E-state index contributed by atoms with van der Waals surface area (Å²) in [6.45, 7) is 2.98. The molecule has 2 aliphatic heterocycles. The van der Waals surface area contributed by atoms with E-state index in [4.69, 9.17) is 9.47 Å². The second-order valence-electron chi connectivity index (χ2n) is 6.61. The van der Waals surface area contributed by atoms with Gasteiger partial charge in [-0.2, -0.15) is 0 Å². The second kappa shape index (κ2) is 7.50. The average molecular weight is 418 g/mol. The standard InChI is InChI=1S/C17H21BrN2O3.ClH/c18-14-7-12(8-15-16(14)23-10-22-15)17(21)20-5-3-13(4-6-20)19-9-11-1-2-11;/h7-8,11,13,19H,1-6,9-10H2;1H. The quantitative estimate of drug-likeness (QED) is 0.817. The summed E-state index contributed by atoms with van der Waals surface area (Å²) >= 11 is 3.45. The number of nitrogens with zero attached hydrogens (tertiary/aromatic N) is 1. The number of carbonyl (C=O) groups is 1. The van der Waals surface area contributed by atoms with E-state index in [1.165, 1.54) is 12.8 Å². The highest BCUT2D eigenvalue weighted by molar-refractivity contribution is 9.10. The van der Waals surface area contributed by atoms with Crippen molar-refractivity contribution < 1.29 is 14.3 Å². The van der Waals surface area contributed by atoms with Crippen LogP contribution in [0.4, 0.5) is 0 Å². The lowest BCUT2D eigenvalue weighted by Crippen LogP contribution is -2.45. The van der Waals surface area contributed by atoms with Crippen LogP contribution in [0.3, 0.4) is 0 Å². The van der Waals surface area contributed by atoms with Gasteiger partial charge in [0.15, 0.2) is 11.5 Å². The van der Waals surface area contributed by atoms with Gasteiger partial charge in [-0.05, 0) is 66.2 Å². The maximum Gasteiger partial charge on any atom is 0.254 e. The molecular formula is C17H22BrClN2O3. The number of fused-ring (bicyclic) bond motifs is 1. The summed E-state index contributed by atoms with van der Waals surface area (Å²) in [6, 6.07) is 4.17. The van der Waals surface area contributed by atoms with Crippen molar-refractivity contribution >= 4 is 34.2 Å². The molecule has 0 unspecified atom stereocenters. The minimum Gasteiger partial charge on any atom is -0.454 e. The number of likely N-dealkylation sites (tertiary alicyclic amines) is 1. The van der Waals surface area contributed by atoms with Gasteiger partial charge < -0.3 is 19.7 Å². The molecule has 1 N–H and O–H groups in total. The highest BCUT2D eigenvalue weighted by atomic mass is 79.9. The molecule has 1 saturated heterocycles. The summed E-state index contributed by atoms with van der Waals surface area (Å²) in [5.74, 6) is 2.30. The number of nitrogens with one attached hydrogen (secondary N) is 1. The molecule has 0 radical (unpaired) electrons. The van der Waals surface area contributed by atoms with Gasteiger partial charge in [-0.1, -0.05) is 0 Å². The predicted octanol–water partition coefficient (Wildman–Crippen LogP) is 3.20. The Balaban J connectivity index is 0.00000169. The van der Waals surface area contributed by atoms with Crippen molar-refractivity contribution in [3.63, 3.8) is 0 Å². The first kappa shape index (κ1) is 17.8. The lowest BCUT2D eigenvalue weighted by atomic mass is 10.0. The number of amides is 1. The largest absolute Gasteiger partial charge is 0.454 e. The molecule has 24 heavy (non-hydrogen) atoms. The molecule has 2 fully saturated rings. The van der Waals surface area contributed by atoms with Gasteiger partial charge in [0, 0.05) is 24.7 Å². The van der Waals surface area contributed by atoms with Gasteiger partial charge in [-0.15, -0.1) is 12.4 Å². The lowest BCUT2D eigenvalue weighted by molar-refractivity contribution is 0.0704. The fraction of sp³-hybridized carbons (Fsp3) is 0.588. The topological polar surface area (TPSA) is 50.8 Å². The van der Waals surface area contributed by atoms with Crippen molar-refractivity contribution in [3.8, 4) is 11.5 Å². The van der Waals surface area contributed by atoms with Crippen LogP contribution in [0.15, 0.2) is 16.6 Å². The minimum absolute atomic E-state index is 0. The zero-order chi connectivity index (χ0) is 15.8. The van der Waals surface area contributed by atoms with E-state index in [0.29, 0.717) is 23.1 Å². The van der Waals surface area contributed by atoms with Gasteiger partial charge in [0.2, 0.25) is 6.79 Å². The molecule has 4 rings (SSSR count). The van der Waals surface area contributed by atoms with Crippen molar-refractivity contribution in [2.75, 3.05) is 26.4 Å². The maximum absolute atomic E-state index is 12.7. The molecule has 3 aliphatic rings. The first-order chi connectivity index (χ1) is 11.2. The van der Waals surface area contributed by atoms with Crippen LogP contribution >= 0.6 is 28.3 Å². The van der Waals surface area contributed by atoms with E-state index < -0.39 is 0 Å². The fourth-order valence-electron chi connectivity index (χ4n) is 3.22. The number of piperidine rings is 1. The van der Waals surface area contributed by atoms with Crippen LogP contribution in [0.1, 0.15) is 36.0 Å². The van der Waals surface area contributed by atoms with Crippen LogP contribution in [0.5, 0.6) is 11.5 Å². The normalized spacial score (nSPS) is 20.0. The number of ether oxygens (including phenoxy) is 2. The third-order valence-electron chi connectivity index (χ3n) is 4.85. The van der Waals surface area contributed by atoms with E-state index in [-0.39, 0.29) is 25.1 Å². The summed E-state index contributed by atoms with van der Waals surface area (Å²) in [4.78, 5) is 14.7. The molecule has 7 heteroatoms. The Labute approximate surface area is 156 Å². The molecule has 0 aromatic heterocycles. The van der Waals surface area contributed by atoms with Crippen LogP contribution in [-0.4, -0.2) is 43.3 Å². The zero-order valence-electron chi connectivity index (χ0n) is 13.4. The molecule has 1 aromatic rings. The molecule has 1 aromatic carbocycles. The molecule has 2 heterocycles. The van der Waals surface area contributed by atoms with E-state index in [1.54, 1.807) is 6.07 Å². The Bertz CT molecular complexity index is 616. The zero-order valence-corrected chi connectivity index (χ0v) is 15.8. The predicted molar refractivity (Wildman–Crippen MR) is 97.2 cm³/mol. The SMILES string of the molecule is Cl.O=C(c1cc(Br)c2c(c1)OCO2)N1CCC(NCC2CC2)CC1. The molecule has 132 valence electrons. The first-order valence-corrected chi connectivity index (χ1v) is 9.12. The van der Waals surface area contributed by atoms with Crippen molar-refractivity contribution in [1.29, 1.82) is 0 Å². The van der Waals surface area contributed by atoms with Gasteiger partial charge in [-0.25, -0.2) is 0 Å². The van der Waals surface area contributed by atoms with Crippen molar-refractivity contribution in [2.45, 2.75) is 31.7 Å². The smallest absolute Gasteiger partial charge is 0.254 e. The number of rotatable bonds is 4. The maximum atomic E-state index is 12.7. The van der Waals surface area contributed by atoms with Crippen molar-refractivity contribution in [1.82, 2.24) is 10.2 Å². The van der Waals surface area contributed by atoms with Crippen LogP contribution in [0.25, 0.3) is 0 Å². The van der Waals surface area contributed by atoms with E-state index in [2.05, 4.69) is 21.2 Å². The molecule has 1 amide bonds. The van der Waals surface area contributed by atoms with E-state index in [1.807, 2.05) is 11.0 Å². The molecule has 1 saturated carbocycles. The Morgan fingerprint density at radius 3 is 2.67 bits per heavy atom. The number of hydrogen-bond donors (Lipinski definition) is 1. The lowest BCUT2D eigenvalue weighted by Gasteiger charge is -2.32. The van der Waals surface area contributed by atoms with E-state index >= 15 is 0 Å². The van der Waals surface area contributed by atoms with Gasteiger partial charge in [0.1, 0.15) is 0 Å². The number of benzene rings is 1. The van der Waals surface area contributed by atoms with Crippen LogP contribution in [0, 0.1) is 5.92 Å². The van der Waals surface area contributed by atoms with Crippen molar-refractivity contribution in [3.05, 3.63) is 22.2 Å². The monoisotopic (exact) mass is 416 g/mol. The molecule has 0 spiro atoms. The summed E-state index contributed by atoms with van der Waals surface area (Å²) in [5, 5.41) is 3.64. The second-order valence-corrected chi connectivity index (χ2v) is 7.46. The number of carbonyl (C=O) groups excluding carboxylic acids is 1. The third-order valence-corrected chi connectivity index (χ3v) is 5.44.